The second-order valence-corrected chi connectivity index (χ2v) is 3.22. The fourth-order valence-corrected chi connectivity index (χ4v) is 1.72. The molecule has 1 aromatic rings. The van der Waals surface area contributed by atoms with Gasteiger partial charge in [0, 0.05) is 12.5 Å². The summed E-state index contributed by atoms with van der Waals surface area (Å²) >= 11 is 0. The van der Waals surface area contributed by atoms with E-state index >= 15 is 0 Å². The second kappa shape index (κ2) is 3.22. The Balaban J connectivity index is 2.20. The summed E-state index contributed by atoms with van der Waals surface area (Å²) in [4.78, 5) is 10.5. The molecule has 13 heavy (non-hydrogen) atoms. The van der Waals surface area contributed by atoms with Crippen LogP contribution in [0.15, 0.2) is 16.7 Å². The summed E-state index contributed by atoms with van der Waals surface area (Å²) in [5.41, 5.74) is 1.04. The van der Waals surface area contributed by atoms with Gasteiger partial charge in [-0.3, -0.25) is 4.79 Å². The first-order valence-electron chi connectivity index (χ1n) is 4.26. The highest BCUT2D eigenvalue weighted by Crippen LogP contribution is 2.27. The molecule has 0 spiro atoms. The molecule has 4 heteroatoms. The van der Waals surface area contributed by atoms with Gasteiger partial charge < -0.3 is 14.8 Å². The van der Waals surface area contributed by atoms with Gasteiger partial charge in [-0.15, -0.1) is 0 Å². The summed E-state index contributed by atoms with van der Waals surface area (Å²) in [5, 5.41) is 11.8. The van der Waals surface area contributed by atoms with Crippen LogP contribution in [0.2, 0.25) is 0 Å². The molecule has 1 aromatic heterocycles. The molecule has 1 atom stereocenters. The lowest BCUT2D eigenvalue weighted by atomic mass is 9.93. The van der Waals surface area contributed by atoms with Crippen LogP contribution in [-0.4, -0.2) is 17.6 Å². The predicted molar refractivity (Wildman–Crippen MR) is 45.4 cm³/mol. The van der Waals surface area contributed by atoms with Crippen LogP contribution in [0, 0.1) is 0 Å². The Morgan fingerprint density at radius 2 is 2.62 bits per heavy atom. The summed E-state index contributed by atoms with van der Waals surface area (Å²) < 4.78 is 5.21. The second-order valence-electron chi connectivity index (χ2n) is 3.22. The van der Waals surface area contributed by atoms with E-state index in [4.69, 9.17) is 9.52 Å². The third-order valence-corrected chi connectivity index (χ3v) is 2.32. The predicted octanol–water partition coefficient (Wildman–Crippen LogP) is 0.941. The third-order valence-electron chi connectivity index (χ3n) is 2.32. The van der Waals surface area contributed by atoms with Crippen molar-refractivity contribution >= 4 is 5.97 Å². The summed E-state index contributed by atoms with van der Waals surface area (Å²) in [6, 6.07) is 1.86. The Bertz CT molecular complexity index is 318. The first kappa shape index (κ1) is 8.31. The monoisotopic (exact) mass is 181 g/mol. The molecule has 0 saturated heterocycles. The molecule has 0 aromatic carbocycles. The third kappa shape index (κ3) is 1.58. The molecule has 2 rings (SSSR count). The summed E-state index contributed by atoms with van der Waals surface area (Å²) in [6.45, 7) is 1.43. The highest BCUT2D eigenvalue weighted by molar-refractivity contribution is 5.68. The standard InChI is InChI=1S/C9H11NO3/c11-9(12)3-6-4-10-5-8-7(6)1-2-13-8/h1-2,6,10H,3-5H2,(H,11,12). The van der Waals surface area contributed by atoms with Crippen molar-refractivity contribution in [2.75, 3.05) is 6.54 Å². The van der Waals surface area contributed by atoms with E-state index in [2.05, 4.69) is 5.32 Å². The van der Waals surface area contributed by atoms with Crippen LogP contribution in [0.1, 0.15) is 23.7 Å². The molecule has 0 amide bonds. The largest absolute Gasteiger partial charge is 0.481 e. The topological polar surface area (TPSA) is 62.5 Å². The van der Waals surface area contributed by atoms with Crippen molar-refractivity contribution in [3.63, 3.8) is 0 Å². The van der Waals surface area contributed by atoms with Gasteiger partial charge in [0.2, 0.25) is 0 Å². The zero-order valence-corrected chi connectivity index (χ0v) is 7.12. The molecule has 2 N–H and O–H groups in total. The van der Waals surface area contributed by atoms with Crippen molar-refractivity contribution in [3.05, 3.63) is 23.7 Å². The lowest BCUT2D eigenvalue weighted by Crippen LogP contribution is -2.28. The van der Waals surface area contributed by atoms with Crippen molar-refractivity contribution < 1.29 is 14.3 Å². The van der Waals surface area contributed by atoms with E-state index in [1.165, 1.54) is 0 Å². The minimum Gasteiger partial charge on any atom is -0.481 e. The van der Waals surface area contributed by atoms with Gasteiger partial charge in [0.15, 0.2) is 0 Å². The van der Waals surface area contributed by atoms with Crippen molar-refractivity contribution in [1.29, 1.82) is 0 Å². The average Bonchev–Trinajstić information content (AvgIpc) is 2.51. The number of furan rings is 1. The Labute approximate surface area is 75.6 Å². The van der Waals surface area contributed by atoms with Gasteiger partial charge in [0.1, 0.15) is 5.76 Å². The number of carboxylic acids is 1. The van der Waals surface area contributed by atoms with Crippen LogP contribution in [0.25, 0.3) is 0 Å². The van der Waals surface area contributed by atoms with E-state index in [0.29, 0.717) is 6.54 Å². The maximum absolute atomic E-state index is 10.5. The number of nitrogens with one attached hydrogen (secondary N) is 1. The highest BCUT2D eigenvalue weighted by atomic mass is 16.4. The Kier molecular flexibility index (Phi) is 2.06. The van der Waals surface area contributed by atoms with Gasteiger partial charge in [-0.2, -0.15) is 0 Å². The van der Waals surface area contributed by atoms with Gasteiger partial charge in [-0.05, 0) is 11.6 Å². The van der Waals surface area contributed by atoms with Crippen molar-refractivity contribution in [1.82, 2.24) is 5.32 Å². The van der Waals surface area contributed by atoms with Crippen molar-refractivity contribution in [2.24, 2.45) is 0 Å². The molecule has 0 radical (unpaired) electrons. The number of fused-ring (bicyclic) bond motifs is 1. The fourth-order valence-electron chi connectivity index (χ4n) is 1.72. The summed E-state index contributed by atoms with van der Waals surface area (Å²) in [5.74, 6) is 0.165. The summed E-state index contributed by atoms with van der Waals surface area (Å²) in [7, 11) is 0. The Morgan fingerprint density at radius 1 is 1.77 bits per heavy atom. The number of rotatable bonds is 2. The maximum atomic E-state index is 10.5. The van der Waals surface area contributed by atoms with Crippen LogP contribution in [0.5, 0.6) is 0 Å². The van der Waals surface area contributed by atoms with Crippen LogP contribution in [0.3, 0.4) is 0 Å². The van der Waals surface area contributed by atoms with E-state index in [-0.39, 0.29) is 12.3 Å². The van der Waals surface area contributed by atoms with E-state index in [1.54, 1.807) is 6.26 Å². The molecule has 0 aliphatic carbocycles. The number of hydrogen-bond acceptors (Lipinski definition) is 3. The van der Waals surface area contributed by atoms with Crippen LogP contribution < -0.4 is 5.32 Å². The average molecular weight is 181 g/mol. The first-order chi connectivity index (χ1) is 6.27. The van der Waals surface area contributed by atoms with Crippen LogP contribution >= 0.6 is 0 Å². The van der Waals surface area contributed by atoms with E-state index in [9.17, 15) is 4.79 Å². The number of carboxylic acid groups (broad SMARTS) is 1. The molecule has 4 nitrogen and oxygen atoms in total. The molecule has 0 fully saturated rings. The zero-order chi connectivity index (χ0) is 9.26. The molecular formula is C9H11NO3. The Hall–Kier alpha value is -1.29. The number of aliphatic carboxylic acids is 1. The van der Waals surface area contributed by atoms with Gasteiger partial charge in [0.25, 0.3) is 0 Å². The van der Waals surface area contributed by atoms with E-state index in [1.807, 2.05) is 6.07 Å². The highest BCUT2D eigenvalue weighted by Gasteiger charge is 2.23. The SMILES string of the molecule is O=C(O)CC1CNCc2occc21. The van der Waals surface area contributed by atoms with Crippen molar-refractivity contribution in [3.8, 4) is 0 Å². The van der Waals surface area contributed by atoms with Gasteiger partial charge in [-0.1, -0.05) is 0 Å². The summed E-state index contributed by atoms with van der Waals surface area (Å²) in [6.07, 6.45) is 1.78. The van der Waals surface area contributed by atoms with Crippen LogP contribution in [0.4, 0.5) is 0 Å². The van der Waals surface area contributed by atoms with E-state index < -0.39 is 5.97 Å². The minimum absolute atomic E-state index is 0.0556. The van der Waals surface area contributed by atoms with Crippen molar-refractivity contribution in [2.45, 2.75) is 18.9 Å². The molecule has 1 aliphatic rings. The Morgan fingerprint density at radius 3 is 3.38 bits per heavy atom. The van der Waals surface area contributed by atoms with Gasteiger partial charge >= 0.3 is 5.97 Å². The zero-order valence-electron chi connectivity index (χ0n) is 7.12. The maximum Gasteiger partial charge on any atom is 0.304 e. The lowest BCUT2D eigenvalue weighted by Gasteiger charge is -2.20. The molecule has 70 valence electrons. The first-order valence-corrected chi connectivity index (χ1v) is 4.26. The molecule has 0 saturated carbocycles. The minimum atomic E-state index is -0.763. The quantitative estimate of drug-likeness (QED) is 0.712. The van der Waals surface area contributed by atoms with E-state index in [0.717, 1.165) is 17.9 Å². The normalized spacial score (nSPS) is 21.1. The molecule has 1 unspecified atom stereocenters. The number of hydrogen-bond donors (Lipinski definition) is 2. The number of carbonyl (C=O) groups is 1. The fraction of sp³-hybridized carbons (Fsp3) is 0.444. The smallest absolute Gasteiger partial charge is 0.304 e. The van der Waals surface area contributed by atoms with Gasteiger partial charge in [0.05, 0.1) is 19.2 Å². The lowest BCUT2D eigenvalue weighted by molar-refractivity contribution is -0.137. The molecule has 1 aliphatic heterocycles. The van der Waals surface area contributed by atoms with Gasteiger partial charge in [-0.25, -0.2) is 0 Å². The molecule has 2 heterocycles. The van der Waals surface area contributed by atoms with Crippen LogP contribution in [-0.2, 0) is 11.3 Å². The molecular weight excluding hydrogens is 170 g/mol. The molecule has 0 bridgehead atoms.